The van der Waals surface area contributed by atoms with Crippen LogP contribution >= 0.6 is 11.3 Å². The Hall–Kier alpha value is -2.62. The molecule has 1 unspecified atom stereocenters. The summed E-state index contributed by atoms with van der Waals surface area (Å²) in [6.07, 6.45) is 7.78. The van der Waals surface area contributed by atoms with Gasteiger partial charge in [-0.15, -0.1) is 11.3 Å². The Morgan fingerprint density at radius 1 is 1.21 bits per heavy atom. The van der Waals surface area contributed by atoms with E-state index < -0.39 is 10.0 Å². The van der Waals surface area contributed by atoms with Crippen LogP contribution in [-0.4, -0.2) is 47.7 Å². The van der Waals surface area contributed by atoms with E-state index in [1.54, 1.807) is 40.2 Å². The fourth-order valence-electron chi connectivity index (χ4n) is 4.19. The molecule has 0 radical (unpaired) electrons. The van der Waals surface area contributed by atoms with Gasteiger partial charge in [-0.3, -0.25) is 9.78 Å². The maximum atomic E-state index is 13.2. The van der Waals surface area contributed by atoms with E-state index >= 15 is 0 Å². The normalized spacial score (nSPS) is 16.9. The molecule has 9 heteroatoms. The van der Waals surface area contributed by atoms with Gasteiger partial charge in [-0.05, 0) is 62.9 Å². The summed E-state index contributed by atoms with van der Waals surface area (Å²) in [4.78, 5) is 21.7. The standard InChI is InChI=1S/C25H30N4O3S2/c1-18-8-9-21(34(31,32)29-15-4-3-6-19(29)2)16-22(18)25(30)27-12-5-7-24-28-23(17-33-24)20-10-13-26-14-11-20/h8-11,13-14,16-17,19H,3-7,12,15H2,1-2H3,(H,27,30). The number of sulfonamides is 1. The molecule has 180 valence electrons. The van der Waals surface area contributed by atoms with Gasteiger partial charge in [-0.1, -0.05) is 12.5 Å². The van der Waals surface area contributed by atoms with Gasteiger partial charge in [0, 0.05) is 54.5 Å². The number of hydrogen-bond donors (Lipinski definition) is 1. The van der Waals surface area contributed by atoms with E-state index in [0.29, 0.717) is 18.7 Å². The van der Waals surface area contributed by atoms with Crippen LogP contribution in [0.1, 0.15) is 53.5 Å². The fraction of sp³-hybridized carbons (Fsp3) is 0.400. The zero-order chi connectivity index (χ0) is 24.1. The number of nitrogens with one attached hydrogen (secondary N) is 1. The summed E-state index contributed by atoms with van der Waals surface area (Å²) in [6, 6.07) is 8.67. The molecule has 3 aromatic rings. The number of thiazole rings is 1. The lowest BCUT2D eigenvalue weighted by Crippen LogP contribution is -2.42. The maximum Gasteiger partial charge on any atom is 0.251 e. The highest BCUT2D eigenvalue weighted by molar-refractivity contribution is 7.89. The second-order valence-electron chi connectivity index (χ2n) is 8.66. The summed E-state index contributed by atoms with van der Waals surface area (Å²) >= 11 is 1.60. The molecular weight excluding hydrogens is 468 g/mol. The maximum absolute atomic E-state index is 13.2. The van der Waals surface area contributed by atoms with Gasteiger partial charge in [0.1, 0.15) is 0 Å². The van der Waals surface area contributed by atoms with Gasteiger partial charge in [0.25, 0.3) is 5.91 Å². The van der Waals surface area contributed by atoms with Crippen LogP contribution in [0.5, 0.6) is 0 Å². The molecule has 4 rings (SSSR count). The molecule has 3 heterocycles. The van der Waals surface area contributed by atoms with Crippen molar-refractivity contribution in [3.05, 3.63) is 64.2 Å². The lowest BCUT2D eigenvalue weighted by atomic mass is 10.1. The molecule has 7 nitrogen and oxygen atoms in total. The van der Waals surface area contributed by atoms with Gasteiger partial charge in [0.2, 0.25) is 10.0 Å². The minimum absolute atomic E-state index is 0.0257. The monoisotopic (exact) mass is 498 g/mol. The third kappa shape index (κ3) is 5.54. The van der Waals surface area contributed by atoms with Crippen LogP contribution in [0.15, 0.2) is 53.0 Å². The lowest BCUT2D eigenvalue weighted by Gasteiger charge is -2.32. The Morgan fingerprint density at radius 2 is 2.00 bits per heavy atom. The topological polar surface area (TPSA) is 92.3 Å². The first-order chi connectivity index (χ1) is 16.4. The Labute approximate surface area is 205 Å². The van der Waals surface area contributed by atoms with Gasteiger partial charge in [0.15, 0.2) is 0 Å². The minimum atomic E-state index is -3.62. The number of carbonyl (C=O) groups is 1. The van der Waals surface area contributed by atoms with Crippen molar-refractivity contribution in [2.24, 2.45) is 0 Å². The summed E-state index contributed by atoms with van der Waals surface area (Å²) < 4.78 is 27.9. The van der Waals surface area contributed by atoms with E-state index in [1.807, 2.05) is 31.4 Å². The summed E-state index contributed by atoms with van der Waals surface area (Å²) in [5.74, 6) is -0.252. The highest BCUT2D eigenvalue weighted by Gasteiger charge is 2.31. The molecule has 1 aliphatic heterocycles. The Bertz CT molecular complexity index is 1240. The molecule has 1 fully saturated rings. The largest absolute Gasteiger partial charge is 0.352 e. The number of pyridine rings is 1. The molecule has 0 bridgehead atoms. The molecule has 1 N–H and O–H groups in total. The van der Waals surface area contributed by atoms with Gasteiger partial charge in [0.05, 0.1) is 15.6 Å². The molecule has 0 aliphatic carbocycles. The van der Waals surface area contributed by atoms with Crippen LogP contribution in [-0.2, 0) is 16.4 Å². The molecule has 2 aromatic heterocycles. The molecular formula is C25H30N4O3S2. The van der Waals surface area contributed by atoms with Crippen molar-refractivity contribution < 1.29 is 13.2 Å². The SMILES string of the molecule is Cc1ccc(S(=O)(=O)N2CCCCC2C)cc1C(=O)NCCCc1nc(-c2ccncc2)cs1. The number of aromatic nitrogens is 2. The van der Waals surface area contributed by atoms with Crippen molar-refractivity contribution in [1.82, 2.24) is 19.6 Å². The summed E-state index contributed by atoms with van der Waals surface area (Å²) in [5.41, 5.74) is 3.13. The summed E-state index contributed by atoms with van der Waals surface area (Å²) in [6.45, 7) is 4.78. The smallest absolute Gasteiger partial charge is 0.251 e. The number of aryl methyl sites for hydroxylation is 2. The van der Waals surface area contributed by atoms with Gasteiger partial charge < -0.3 is 5.32 Å². The second-order valence-corrected chi connectivity index (χ2v) is 11.5. The van der Waals surface area contributed by atoms with E-state index in [0.717, 1.165) is 53.9 Å². The van der Waals surface area contributed by atoms with E-state index in [2.05, 4.69) is 15.3 Å². The number of hydrogen-bond acceptors (Lipinski definition) is 6. The second kappa shape index (κ2) is 10.8. The predicted molar refractivity (Wildman–Crippen MR) is 134 cm³/mol. The molecule has 0 saturated carbocycles. The first-order valence-electron chi connectivity index (χ1n) is 11.6. The zero-order valence-electron chi connectivity index (χ0n) is 19.5. The van der Waals surface area contributed by atoms with Crippen LogP contribution in [0.3, 0.4) is 0 Å². The highest BCUT2D eigenvalue weighted by Crippen LogP contribution is 2.26. The van der Waals surface area contributed by atoms with Crippen LogP contribution in [0.4, 0.5) is 0 Å². The molecule has 1 aliphatic rings. The number of carbonyl (C=O) groups excluding carboxylic acids is 1. The number of piperidine rings is 1. The van der Waals surface area contributed by atoms with Gasteiger partial charge in [-0.2, -0.15) is 4.31 Å². The Morgan fingerprint density at radius 3 is 2.76 bits per heavy atom. The number of amides is 1. The molecule has 1 amide bonds. The molecule has 34 heavy (non-hydrogen) atoms. The summed E-state index contributed by atoms with van der Waals surface area (Å²) in [5, 5.41) is 5.98. The predicted octanol–water partition coefficient (Wildman–Crippen LogP) is 4.44. The minimum Gasteiger partial charge on any atom is -0.352 e. The quantitative estimate of drug-likeness (QED) is 0.464. The van der Waals surface area contributed by atoms with Crippen LogP contribution in [0.25, 0.3) is 11.3 Å². The average molecular weight is 499 g/mol. The van der Waals surface area contributed by atoms with Crippen molar-refractivity contribution in [3.8, 4) is 11.3 Å². The van der Waals surface area contributed by atoms with Crippen molar-refractivity contribution in [2.45, 2.75) is 56.9 Å². The lowest BCUT2D eigenvalue weighted by molar-refractivity contribution is 0.0952. The Kier molecular flexibility index (Phi) is 7.75. The molecule has 1 atom stereocenters. The Balaban J connectivity index is 1.36. The zero-order valence-corrected chi connectivity index (χ0v) is 21.2. The van der Waals surface area contributed by atoms with Gasteiger partial charge in [-0.25, -0.2) is 13.4 Å². The van der Waals surface area contributed by atoms with Gasteiger partial charge >= 0.3 is 0 Å². The van der Waals surface area contributed by atoms with Crippen molar-refractivity contribution in [3.63, 3.8) is 0 Å². The van der Waals surface area contributed by atoms with Crippen LogP contribution < -0.4 is 5.32 Å². The third-order valence-electron chi connectivity index (χ3n) is 6.18. The van der Waals surface area contributed by atoms with E-state index in [4.69, 9.17) is 0 Å². The molecule has 1 saturated heterocycles. The number of rotatable bonds is 8. The molecule has 0 spiro atoms. The average Bonchev–Trinajstić information content (AvgIpc) is 3.31. The van der Waals surface area contributed by atoms with Crippen molar-refractivity contribution in [2.75, 3.05) is 13.1 Å². The van der Waals surface area contributed by atoms with E-state index in [-0.39, 0.29) is 16.8 Å². The first kappa shape index (κ1) is 24.5. The van der Waals surface area contributed by atoms with E-state index in [1.165, 1.54) is 6.07 Å². The summed E-state index contributed by atoms with van der Waals surface area (Å²) in [7, 11) is -3.62. The number of benzene rings is 1. The van der Waals surface area contributed by atoms with Crippen LogP contribution in [0, 0.1) is 6.92 Å². The van der Waals surface area contributed by atoms with Crippen LogP contribution in [0.2, 0.25) is 0 Å². The van der Waals surface area contributed by atoms with Crippen molar-refractivity contribution >= 4 is 27.3 Å². The first-order valence-corrected chi connectivity index (χ1v) is 13.9. The highest BCUT2D eigenvalue weighted by atomic mass is 32.2. The third-order valence-corrected chi connectivity index (χ3v) is 9.10. The van der Waals surface area contributed by atoms with Crippen molar-refractivity contribution in [1.29, 1.82) is 0 Å². The van der Waals surface area contributed by atoms with E-state index in [9.17, 15) is 13.2 Å². The fourth-order valence-corrected chi connectivity index (χ4v) is 6.76. The number of nitrogens with zero attached hydrogens (tertiary/aromatic N) is 3. The molecule has 1 aromatic carbocycles.